The maximum atomic E-state index is 10.2. The van der Waals surface area contributed by atoms with Gasteiger partial charge >= 0.3 is 5.97 Å². The number of aliphatic hydroxyl groups excluding tert-OH is 1. The fourth-order valence-corrected chi connectivity index (χ4v) is 2.65. The van der Waals surface area contributed by atoms with E-state index in [0.29, 0.717) is 12.2 Å². The van der Waals surface area contributed by atoms with E-state index in [1.54, 1.807) is 12.2 Å². The highest BCUT2D eigenvalue weighted by atomic mass is 16.6. The average molecular weight is 360 g/mol. The molecule has 4 nitrogen and oxygen atoms in total. The van der Waals surface area contributed by atoms with Crippen molar-refractivity contribution < 1.29 is 19.7 Å². The van der Waals surface area contributed by atoms with Gasteiger partial charge in [-0.05, 0) is 25.7 Å². The molecule has 1 aliphatic heterocycles. The summed E-state index contributed by atoms with van der Waals surface area (Å²) in [6.07, 6.45) is 25.4. The van der Waals surface area contributed by atoms with Gasteiger partial charge in [-0.2, -0.15) is 0 Å². The monoisotopic (exact) mass is 360 g/mol. The molecule has 0 aromatic carbocycles. The molecule has 0 bridgehead atoms. The van der Waals surface area contributed by atoms with Crippen molar-refractivity contribution in [3.63, 3.8) is 0 Å². The number of carboxylic acid groups (broad SMARTS) is 1. The molecule has 0 radical (unpaired) electrons. The molecule has 26 heavy (non-hydrogen) atoms. The van der Waals surface area contributed by atoms with Gasteiger partial charge in [0, 0.05) is 12.5 Å². The third-order valence-electron chi connectivity index (χ3n) is 4.16. The van der Waals surface area contributed by atoms with Gasteiger partial charge in [-0.15, -0.1) is 0 Å². The quantitative estimate of drug-likeness (QED) is 0.203. The Morgan fingerprint density at radius 2 is 1.62 bits per heavy atom. The Hall–Kier alpha value is -1.91. The second kappa shape index (κ2) is 14.3. The van der Waals surface area contributed by atoms with Gasteiger partial charge in [-0.3, -0.25) is 0 Å². The maximum Gasteiger partial charge on any atom is 0.328 e. The number of ether oxygens (including phenoxy) is 1. The summed E-state index contributed by atoms with van der Waals surface area (Å²) in [7, 11) is 0. The number of epoxide rings is 1. The van der Waals surface area contributed by atoms with Crippen LogP contribution in [-0.4, -0.2) is 34.5 Å². The van der Waals surface area contributed by atoms with Crippen LogP contribution in [0, 0.1) is 0 Å². The minimum atomic E-state index is -0.946. The molecule has 1 saturated heterocycles. The molecular weight excluding hydrogens is 328 g/mol. The predicted octanol–water partition coefficient (Wildman–Crippen LogP) is 4.73. The van der Waals surface area contributed by atoms with Crippen molar-refractivity contribution in [2.24, 2.45) is 0 Å². The fraction of sp³-hybridized carbons (Fsp3) is 0.500. The maximum absolute atomic E-state index is 10.2. The van der Waals surface area contributed by atoms with Crippen LogP contribution in [0.3, 0.4) is 0 Å². The first-order valence-corrected chi connectivity index (χ1v) is 9.53. The standard InChI is InChI=1S/C22H32O4/c1-2-20-21(26-20)18-19(23)16-14-12-10-8-6-4-3-5-7-9-11-13-15-17-22(24)25/h3-7,9,11,13,15,17,19-21,23H,2,8,10,12,14,16,18H2,1H3,(H,24,25)/b5-3+,6-4+,9-7+,13-11+,17-15+. The molecule has 2 N–H and O–H groups in total. The highest BCUT2D eigenvalue weighted by Gasteiger charge is 2.37. The molecule has 1 heterocycles. The Balaban J connectivity index is 1.94. The molecule has 0 spiro atoms. The van der Waals surface area contributed by atoms with Crippen LogP contribution in [0.1, 0.15) is 51.9 Å². The number of carboxylic acids is 1. The van der Waals surface area contributed by atoms with Gasteiger partial charge in [-0.25, -0.2) is 4.79 Å². The first-order chi connectivity index (χ1) is 12.6. The molecule has 144 valence electrons. The number of carbonyl (C=O) groups is 1. The molecule has 0 amide bonds. The highest BCUT2D eigenvalue weighted by Crippen LogP contribution is 2.29. The minimum Gasteiger partial charge on any atom is -0.478 e. The van der Waals surface area contributed by atoms with Crippen LogP contribution >= 0.6 is 0 Å². The third kappa shape index (κ3) is 12.5. The zero-order valence-corrected chi connectivity index (χ0v) is 15.7. The van der Waals surface area contributed by atoms with Crippen LogP contribution in [0.2, 0.25) is 0 Å². The van der Waals surface area contributed by atoms with Gasteiger partial charge in [0.15, 0.2) is 0 Å². The van der Waals surface area contributed by atoms with Crippen molar-refractivity contribution in [1.29, 1.82) is 0 Å². The van der Waals surface area contributed by atoms with Gasteiger partial charge in [0.2, 0.25) is 0 Å². The molecule has 0 saturated carbocycles. The third-order valence-corrected chi connectivity index (χ3v) is 4.16. The Bertz CT molecular complexity index is 528. The van der Waals surface area contributed by atoms with Crippen molar-refractivity contribution in [1.82, 2.24) is 0 Å². The molecule has 0 aliphatic carbocycles. The van der Waals surface area contributed by atoms with Crippen molar-refractivity contribution in [3.05, 3.63) is 60.8 Å². The lowest BCUT2D eigenvalue weighted by Crippen LogP contribution is -2.11. The van der Waals surface area contributed by atoms with Crippen molar-refractivity contribution in [2.45, 2.75) is 70.2 Å². The van der Waals surface area contributed by atoms with Gasteiger partial charge in [0.05, 0.1) is 18.3 Å². The Morgan fingerprint density at radius 1 is 0.962 bits per heavy atom. The highest BCUT2D eigenvalue weighted by molar-refractivity contribution is 5.80. The summed E-state index contributed by atoms with van der Waals surface area (Å²) in [5.41, 5.74) is 0. The largest absolute Gasteiger partial charge is 0.478 e. The number of aliphatic carboxylic acids is 1. The summed E-state index contributed by atoms with van der Waals surface area (Å²) in [5.74, 6) is -0.946. The van der Waals surface area contributed by atoms with Crippen LogP contribution < -0.4 is 0 Å². The Labute approximate surface area is 157 Å². The zero-order chi connectivity index (χ0) is 19.0. The van der Waals surface area contributed by atoms with Crippen molar-refractivity contribution in [2.75, 3.05) is 0 Å². The molecule has 0 aromatic rings. The SMILES string of the molecule is CCC1OC1CC(O)CCCCC/C=C/C=C/C=C/C=C/C=C/C(=O)O. The molecule has 1 fully saturated rings. The average Bonchev–Trinajstić information content (AvgIpc) is 3.36. The summed E-state index contributed by atoms with van der Waals surface area (Å²) in [6.45, 7) is 2.12. The second-order valence-corrected chi connectivity index (χ2v) is 6.43. The number of aliphatic hydroxyl groups is 1. The number of hydrogen-bond acceptors (Lipinski definition) is 3. The molecule has 1 rings (SSSR count). The van der Waals surface area contributed by atoms with Crippen molar-refractivity contribution in [3.8, 4) is 0 Å². The fourth-order valence-electron chi connectivity index (χ4n) is 2.65. The Kier molecular flexibility index (Phi) is 12.2. The van der Waals surface area contributed by atoms with E-state index in [4.69, 9.17) is 9.84 Å². The lowest BCUT2D eigenvalue weighted by molar-refractivity contribution is -0.131. The van der Waals surface area contributed by atoms with E-state index in [2.05, 4.69) is 13.0 Å². The van der Waals surface area contributed by atoms with E-state index in [-0.39, 0.29) is 6.10 Å². The minimum absolute atomic E-state index is 0.213. The summed E-state index contributed by atoms with van der Waals surface area (Å²) in [5, 5.41) is 18.4. The summed E-state index contributed by atoms with van der Waals surface area (Å²) in [6, 6.07) is 0. The van der Waals surface area contributed by atoms with Crippen LogP contribution in [0.25, 0.3) is 0 Å². The van der Waals surface area contributed by atoms with Crippen LogP contribution in [0.15, 0.2) is 60.8 Å². The van der Waals surface area contributed by atoms with Gasteiger partial charge in [-0.1, -0.05) is 74.4 Å². The molecule has 1 aliphatic rings. The smallest absolute Gasteiger partial charge is 0.328 e. The van der Waals surface area contributed by atoms with Crippen LogP contribution in [0.4, 0.5) is 0 Å². The van der Waals surface area contributed by atoms with E-state index < -0.39 is 5.97 Å². The van der Waals surface area contributed by atoms with E-state index >= 15 is 0 Å². The van der Waals surface area contributed by atoms with Crippen LogP contribution in [0.5, 0.6) is 0 Å². The lowest BCUT2D eigenvalue weighted by atomic mass is 10.0. The number of unbranched alkanes of at least 4 members (excludes halogenated alkanes) is 3. The summed E-state index contributed by atoms with van der Waals surface area (Å²) >= 11 is 0. The van der Waals surface area contributed by atoms with E-state index in [0.717, 1.165) is 51.0 Å². The molecule has 3 atom stereocenters. The number of hydrogen-bond donors (Lipinski definition) is 2. The van der Waals surface area contributed by atoms with E-state index in [1.165, 1.54) is 6.08 Å². The second-order valence-electron chi connectivity index (χ2n) is 6.43. The van der Waals surface area contributed by atoms with Gasteiger partial charge in [0.25, 0.3) is 0 Å². The summed E-state index contributed by atoms with van der Waals surface area (Å²) in [4.78, 5) is 10.2. The van der Waals surface area contributed by atoms with E-state index in [9.17, 15) is 9.90 Å². The normalized spacial score (nSPS) is 21.8. The topological polar surface area (TPSA) is 70.1 Å². The Morgan fingerprint density at radius 3 is 2.23 bits per heavy atom. The molecule has 0 aromatic heterocycles. The molecule has 4 heteroatoms. The van der Waals surface area contributed by atoms with Gasteiger partial charge < -0.3 is 14.9 Å². The van der Waals surface area contributed by atoms with Gasteiger partial charge in [0.1, 0.15) is 0 Å². The zero-order valence-electron chi connectivity index (χ0n) is 15.7. The molecular formula is C22H32O4. The predicted molar refractivity (Wildman–Crippen MR) is 106 cm³/mol. The number of rotatable bonds is 14. The number of allylic oxidation sites excluding steroid dienone is 9. The molecule has 3 unspecified atom stereocenters. The van der Waals surface area contributed by atoms with E-state index in [1.807, 2.05) is 30.4 Å². The van der Waals surface area contributed by atoms with Crippen molar-refractivity contribution >= 4 is 5.97 Å². The summed E-state index contributed by atoms with van der Waals surface area (Å²) < 4.78 is 5.46. The lowest BCUT2D eigenvalue weighted by Gasteiger charge is -2.08. The van der Waals surface area contributed by atoms with Crippen LogP contribution in [-0.2, 0) is 9.53 Å². The first kappa shape index (κ1) is 22.1. The first-order valence-electron chi connectivity index (χ1n) is 9.53.